The molecule has 3 heteroatoms. The van der Waals surface area contributed by atoms with E-state index in [0.29, 0.717) is 6.04 Å². The van der Waals surface area contributed by atoms with E-state index in [-0.39, 0.29) is 0 Å². The van der Waals surface area contributed by atoms with Gasteiger partial charge >= 0.3 is 0 Å². The third-order valence-electron chi connectivity index (χ3n) is 2.32. The molecular formula is C12H18ClNO. The molecule has 1 atom stereocenters. The maximum atomic E-state index is 5.92. The number of benzene rings is 1. The van der Waals surface area contributed by atoms with Crippen molar-refractivity contribution in [1.29, 1.82) is 0 Å². The minimum absolute atomic E-state index is 0.334. The van der Waals surface area contributed by atoms with Crippen LogP contribution in [0, 0.1) is 0 Å². The van der Waals surface area contributed by atoms with Gasteiger partial charge in [0, 0.05) is 24.8 Å². The molecule has 1 aromatic carbocycles. The van der Waals surface area contributed by atoms with Gasteiger partial charge in [0.25, 0.3) is 0 Å². The number of ether oxygens (including phenoxy) is 1. The minimum Gasteiger partial charge on any atom is -0.385 e. The Bertz CT molecular complexity index is 291. The van der Waals surface area contributed by atoms with Gasteiger partial charge in [-0.15, -0.1) is 0 Å². The van der Waals surface area contributed by atoms with Crippen molar-refractivity contribution < 1.29 is 4.74 Å². The van der Waals surface area contributed by atoms with Crippen LogP contribution in [0.3, 0.4) is 0 Å². The van der Waals surface area contributed by atoms with Crippen molar-refractivity contribution in [2.45, 2.75) is 19.4 Å². The second-order valence-electron chi connectivity index (χ2n) is 3.58. The SMILES string of the molecule is COCCCN[C@H](C)c1cccc(Cl)c1. The van der Waals surface area contributed by atoms with Crippen LogP contribution in [0.15, 0.2) is 24.3 Å². The molecule has 0 heterocycles. The van der Waals surface area contributed by atoms with Crippen molar-refractivity contribution in [2.75, 3.05) is 20.3 Å². The Kier molecular flexibility index (Phi) is 5.69. The van der Waals surface area contributed by atoms with Gasteiger partial charge in [-0.25, -0.2) is 0 Å². The summed E-state index contributed by atoms with van der Waals surface area (Å²) < 4.78 is 4.99. The van der Waals surface area contributed by atoms with Crippen LogP contribution in [0.4, 0.5) is 0 Å². The lowest BCUT2D eigenvalue weighted by molar-refractivity contribution is 0.193. The molecule has 0 amide bonds. The summed E-state index contributed by atoms with van der Waals surface area (Å²) in [5, 5.41) is 4.21. The first-order valence-corrected chi connectivity index (χ1v) is 5.59. The smallest absolute Gasteiger partial charge is 0.0474 e. The van der Waals surface area contributed by atoms with Crippen molar-refractivity contribution in [2.24, 2.45) is 0 Å². The molecule has 0 aliphatic carbocycles. The van der Waals surface area contributed by atoms with Crippen LogP contribution in [0.25, 0.3) is 0 Å². The predicted molar refractivity (Wildman–Crippen MR) is 64.4 cm³/mol. The molecule has 84 valence electrons. The topological polar surface area (TPSA) is 21.3 Å². The van der Waals surface area contributed by atoms with Gasteiger partial charge in [-0.2, -0.15) is 0 Å². The number of halogens is 1. The second-order valence-corrected chi connectivity index (χ2v) is 4.01. The highest BCUT2D eigenvalue weighted by Gasteiger charge is 2.03. The highest BCUT2D eigenvalue weighted by molar-refractivity contribution is 6.30. The average molecular weight is 228 g/mol. The van der Waals surface area contributed by atoms with Crippen molar-refractivity contribution in [3.63, 3.8) is 0 Å². The predicted octanol–water partition coefficient (Wildman–Crippen LogP) is 3.03. The van der Waals surface area contributed by atoms with E-state index in [4.69, 9.17) is 16.3 Å². The van der Waals surface area contributed by atoms with Crippen LogP contribution >= 0.6 is 11.6 Å². The molecule has 0 aromatic heterocycles. The molecular weight excluding hydrogens is 210 g/mol. The van der Waals surface area contributed by atoms with Crippen LogP contribution < -0.4 is 5.32 Å². The van der Waals surface area contributed by atoms with Crippen molar-refractivity contribution in [3.05, 3.63) is 34.9 Å². The summed E-state index contributed by atoms with van der Waals surface area (Å²) in [6.07, 6.45) is 1.03. The molecule has 0 bridgehead atoms. The summed E-state index contributed by atoms with van der Waals surface area (Å²) in [5.41, 5.74) is 1.22. The molecule has 0 fully saturated rings. The van der Waals surface area contributed by atoms with E-state index in [2.05, 4.69) is 18.3 Å². The Labute approximate surface area is 96.6 Å². The van der Waals surface area contributed by atoms with Crippen molar-refractivity contribution in [3.8, 4) is 0 Å². The van der Waals surface area contributed by atoms with E-state index < -0.39 is 0 Å². The van der Waals surface area contributed by atoms with Crippen LogP contribution in [0.1, 0.15) is 24.9 Å². The summed E-state index contributed by atoms with van der Waals surface area (Å²) in [7, 11) is 1.72. The Hall–Kier alpha value is -0.570. The fraction of sp³-hybridized carbons (Fsp3) is 0.500. The van der Waals surface area contributed by atoms with E-state index in [9.17, 15) is 0 Å². The highest BCUT2D eigenvalue weighted by Crippen LogP contribution is 2.16. The standard InChI is InChI=1S/C12H18ClNO/c1-10(14-7-4-8-15-2)11-5-3-6-12(13)9-11/h3,5-6,9-10,14H,4,7-8H2,1-2H3/t10-/m1/s1. The molecule has 0 radical (unpaired) electrons. The van der Waals surface area contributed by atoms with E-state index >= 15 is 0 Å². The maximum Gasteiger partial charge on any atom is 0.0474 e. The number of methoxy groups -OCH3 is 1. The van der Waals surface area contributed by atoms with Gasteiger partial charge in [0.1, 0.15) is 0 Å². The zero-order chi connectivity index (χ0) is 11.1. The van der Waals surface area contributed by atoms with Crippen LogP contribution in [-0.4, -0.2) is 20.3 Å². The Morgan fingerprint density at radius 3 is 2.93 bits per heavy atom. The van der Waals surface area contributed by atoms with Gasteiger partial charge in [0.2, 0.25) is 0 Å². The number of nitrogens with one attached hydrogen (secondary N) is 1. The number of hydrogen-bond donors (Lipinski definition) is 1. The summed E-state index contributed by atoms with van der Waals surface area (Å²) in [5.74, 6) is 0. The van der Waals surface area contributed by atoms with Crippen molar-refractivity contribution >= 4 is 11.6 Å². The zero-order valence-corrected chi connectivity index (χ0v) is 10.1. The second kappa shape index (κ2) is 6.83. The van der Waals surface area contributed by atoms with Gasteiger partial charge in [0.05, 0.1) is 0 Å². The number of rotatable bonds is 6. The Morgan fingerprint density at radius 1 is 1.47 bits per heavy atom. The summed E-state index contributed by atoms with van der Waals surface area (Å²) in [6, 6.07) is 8.28. The highest BCUT2D eigenvalue weighted by atomic mass is 35.5. The molecule has 0 unspecified atom stereocenters. The summed E-state index contributed by atoms with van der Waals surface area (Å²) >= 11 is 5.92. The Morgan fingerprint density at radius 2 is 2.27 bits per heavy atom. The normalized spacial score (nSPS) is 12.7. The molecule has 0 aliphatic heterocycles. The lowest BCUT2D eigenvalue weighted by Crippen LogP contribution is -2.20. The first-order valence-electron chi connectivity index (χ1n) is 5.22. The third-order valence-corrected chi connectivity index (χ3v) is 2.56. The molecule has 1 aromatic rings. The fourth-order valence-electron chi connectivity index (χ4n) is 1.43. The van der Waals surface area contributed by atoms with E-state index in [0.717, 1.165) is 24.6 Å². The van der Waals surface area contributed by atoms with Crippen LogP contribution in [0.5, 0.6) is 0 Å². The molecule has 0 spiro atoms. The third kappa shape index (κ3) is 4.65. The summed E-state index contributed by atoms with van der Waals surface area (Å²) in [6.45, 7) is 3.90. The lowest BCUT2D eigenvalue weighted by Gasteiger charge is -2.14. The lowest BCUT2D eigenvalue weighted by atomic mass is 10.1. The average Bonchev–Trinajstić information content (AvgIpc) is 2.24. The molecule has 1 rings (SSSR count). The van der Waals surface area contributed by atoms with Gasteiger partial charge in [-0.3, -0.25) is 0 Å². The largest absolute Gasteiger partial charge is 0.385 e. The number of hydrogen-bond acceptors (Lipinski definition) is 2. The van der Waals surface area contributed by atoms with E-state index in [1.807, 2.05) is 18.2 Å². The van der Waals surface area contributed by atoms with Gasteiger partial charge in [-0.05, 0) is 37.6 Å². The monoisotopic (exact) mass is 227 g/mol. The van der Waals surface area contributed by atoms with Gasteiger partial charge < -0.3 is 10.1 Å². The van der Waals surface area contributed by atoms with E-state index in [1.54, 1.807) is 7.11 Å². The molecule has 2 nitrogen and oxygen atoms in total. The van der Waals surface area contributed by atoms with Crippen molar-refractivity contribution in [1.82, 2.24) is 5.32 Å². The zero-order valence-electron chi connectivity index (χ0n) is 9.29. The maximum absolute atomic E-state index is 5.92. The van der Waals surface area contributed by atoms with E-state index in [1.165, 1.54) is 5.56 Å². The minimum atomic E-state index is 0.334. The quantitative estimate of drug-likeness (QED) is 0.755. The Balaban J connectivity index is 2.36. The molecule has 0 aliphatic rings. The first kappa shape index (κ1) is 12.5. The molecule has 0 saturated heterocycles. The van der Waals surface area contributed by atoms with Gasteiger partial charge in [0.15, 0.2) is 0 Å². The fourth-order valence-corrected chi connectivity index (χ4v) is 1.63. The molecule has 0 saturated carbocycles. The summed E-state index contributed by atoms with van der Waals surface area (Å²) in [4.78, 5) is 0. The van der Waals surface area contributed by atoms with Gasteiger partial charge in [-0.1, -0.05) is 23.7 Å². The first-order chi connectivity index (χ1) is 7.24. The van der Waals surface area contributed by atoms with Crippen LogP contribution in [-0.2, 0) is 4.74 Å². The van der Waals surface area contributed by atoms with Crippen LogP contribution in [0.2, 0.25) is 5.02 Å². The molecule has 1 N–H and O–H groups in total. The molecule has 15 heavy (non-hydrogen) atoms.